The van der Waals surface area contributed by atoms with E-state index in [-0.39, 0.29) is 11.3 Å². The molecule has 0 radical (unpaired) electrons. The molecule has 0 spiro atoms. The van der Waals surface area contributed by atoms with Crippen molar-refractivity contribution in [2.75, 3.05) is 26.2 Å². The van der Waals surface area contributed by atoms with Gasteiger partial charge >= 0.3 is 0 Å². The molecule has 5 rings (SSSR count). The van der Waals surface area contributed by atoms with Crippen LogP contribution in [0.2, 0.25) is 0 Å². The largest absolute Gasteiger partial charge is 0.357 e. The lowest BCUT2D eigenvalue weighted by atomic mass is 10.0. The average Bonchev–Trinajstić information content (AvgIpc) is 3.21. The molecule has 1 aromatic carbocycles. The number of likely N-dealkylation sites (tertiary alicyclic amines) is 1. The zero-order chi connectivity index (χ0) is 22.9. The predicted molar refractivity (Wildman–Crippen MR) is 132 cm³/mol. The van der Waals surface area contributed by atoms with Gasteiger partial charge in [-0.2, -0.15) is 0 Å². The van der Waals surface area contributed by atoms with Crippen LogP contribution in [0.1, 0.15) is 59.2 Å². The number of nitrogens with one attached hydrogen (secondary N) is 1. The smallest absolute Gasteiger partial charge is 0.259 e. The highest BCUT2D eigenvalue weighted by molar-refractivity contribution is 5.96. The number of hydrogen-bond donors (Lipinski definition) is 1. The van der Waals surface area contributed by atoms with E-state index in [1.807, 2.05) is 24.8 Å². The number of H-pyrrole nitrogens is 1. The lowest BCUT2D eigenvalue weighted by Crippen LogP contribution is -2.40. The van der Waals surface area contributed by atoms with E-state index >= 15 is 0 Å². The number of pyridine rings is 1. The molecular formula is C27H34N4O2. The molecule has 6 heteroatoms. The van der Waals surface area contributed by atoms with Gasteiger partial charge in [0.2, 0.25) is 0 Å². The number of rotatable bonds is 5. The van der Waals surface area contributed by atoms with Crippen molar-refractivity contribution in [1.82, 2.24) is 19.4 Å². The zero-order valence-electron chi connectivity index (χ0n) is 19.8. The van der Waals surface area contributed by atoms with Crippen LogP contribution in [0.5, 0.6) is 0 Å². The van der Waals surface area contributed by atoms with Crippen LogP contribution in [0.25, 0.3) is 10.9 Å². The molecular weight excluding hydrogens is 412 g/mol. The maximum atomic E-state index is 13.7. The lowest BCUT2D eigenvalue weighted by Gasteiger charge is -2.30. The highest BCUT2D eigenvalue weighted by Gasteiger charge is 2.28. The first-order valence-electron chi connectivity index (χ1n) is 12.4. The van der Waals surface area contributed by atoms with Crippen molar-refractivity contribution >= 4 is 16.8 Å². The Morgan fingerprint density at radius 1 is 1.06 bits per heavy atom. The maximum absolute atomic E-state index is 13.7. The Morgan fingerprint density at radius 2 is 1.85 bits per heavy atom. The monoisotopic (exact) mass is 446 g/mol. The van der Waals surface area contributed by atoms with Crippen molar-refractivity contribution in [3.8, 4) is 0 Å². The number of piperidine rings is 1. The van der Waals surface area contributed by atoms with Gasteiger partial charge in [0.05, 0.1) is 6.54 Å². The fraction of sp³-hybridized carbons (Fsp3) is 0.481. The van der Waals surface area contributed by atoms with Gasteiger partial charge in [0.15, 0.2) is 5.43 Å². The quantitative estimate of drug-likeness (QED) is 0.647. The number of nitrogens with zero attached hydrogens (tertiary/aromatic N) is 3. The van der Waals surface area contributed by atoms with Gasteiger partial charge in [0, 0.05) is 53.7 Å². The molecule has 6 nitrogen and oxygen atoms in total. The summed E-state index contributed by atoms with van der Waals surface area (Å²) in [5, 5.41) is 1.24. The van der Waals surface area contributed by atoms with Crippen molar-refractivity contribution in [3.63, 3.8) is 0 Å². The van der Waals surface area contributed by atoms with Crippen LogP contribution in [0.4, 0.5) is 0 Å². The fourth-order valence-corrected chi connectivity index (χ4v) is 5.69. The predicted octanol–water partition coefficient (Wildman–Crippen LogP) is 3.88. The number of benzene rings is 1. The van der Waals surface area contributed by atoms with E-state index in [1.165, 1.54) is 30.2 Å². The number of amides is 1. The molecule has 0 bridgehead atoms. The summed E-state index contributed by atoms with van der Waals surface area (Å²) >= 11 is 0. The molecule has 3 aromatic rings. The number of aromatic amines is 1. The van der Waals surface area contributed by atoms with Gasteiger partial charge in [-0.25, -0.2) is 0 Å². The van der Waals surface area contributed by atoms with Crippen LogP contribution in [0, 0.1) is 6.92 Å². The van der Waals surface area contributed by atoms with Crippen LogP contribution >= 0.6 is 0 Å². The average molecular weight is 447 g/mol. The first-order valence-corrected chi connectivity index (χ1v) is 12.4. The standard InChI is InChI=1S/C27H34N4O2/c1-3-24-26(25(32)17-19(2)31(24)16-15-29-12-7-4-8-13-29)27(33)30-14-11-21-20-9-5-6-10-22(20)28-23(21)18-30/h5-6,9-10,17,28H,3-4,7-8,11-16,18H2,1-2H3. The first kappa shape index (κ1) is 22.0. The molecule has 174 valence electrons. The third-order valence-corrected chi connectivity index (χ3v) is 7.43. The maximum Gasteiger partial charge on any atom is 0.259 e. The summed E-state index contributed by atoms with van der Waals surface area (Å²) in [5.41, 5.74) is 5.54. The number of aromatic nitrogens is 2. The SMILES string of the molecule is CCc1c(C(=O)N2CCc3c([nH]c4ccccc34)C2)c(=O)cc(C)n1CCN1CCCCC1. The van der Waals surface area contributed by atoms with Crippen LogP contribution in [0.3, 0.4) is 0 Å². The van der Waals surface area contributed by atoms with E-state index in [4.69, 9.17) is 0 Å². The van der Waals surface area contributed by atoms with E-state index < -0.39 is 0 Å². The van der Waals surface area contributed by atoms with Gasteiger partial charge in [0.1, 0.15) is 5.56 Å². The Bertz CT molecular complexity index is 1230. The summed E-state index contributed by atoms with van der Waals surface area (Å²) in [7, 11) is 0. The Balaban J connectivity index is 1.43. The lowest BCUT2D eigenvalue weighted by molar-refractivity contribution is 0.0729. The summed E-state index contributed by atoms with van der Waals surface area (Å²) < 4.78 is 2.21. The molecule has 0 atom stereocenters. The van der Waals surface area contributed by atoms with Crippen LogP contribution < -0.4 is 5.43 Å². The third kappa shape index (κ3) is 4.12. The molecule has 33 heavy (non-hydrogen) atoms. The second kappa shape index (κ2) is 9.18. The van der Waals surface area contributed by atoms with E-state index in [0.29, 0.717) is 25.1 Å². The van der Waals surface area contributed by atoms with Gasteiger partial charge in [-0.1, -0.05) is 31.5 Å². The second-order valence-corrected chi connectivity index (χ2v) is 9.48. The molecule has 2 aliphatic heterocycles. The molecule has 1 fully saturated rings. The van der Waals surface area contributed by atoms with Crippen molar-refractivity contribution < 1.29 is 4.79 Å². The first-order chi connectivity index (χ1) is 16.1. The van der Waals surface area contributed by atoms with Crippen molar-refractivity contribution in [2.24, 2.45) is 0 Å². The highest BCUT2D eigenvalue weighted by atomic mass is 16.2. The Labute approximate surface area is 195 Å². The van der Waals surface area contributed by atoms with Crippen molar-refractivity contribution in [2.45, 2.75) is 59.0 Å². The number of carbonyl (C=O) groups excluding carboxylic acids is 1. The topological polar surface area (TPSA) is 61.3 Å². The fourth-order valence-electron chi connectivity index (χ4n) is 5.69. The molecule has 1 amide bonds. The molecule has 2 aromatic heterocycles. The van der Waals surface area contributed by atoms with E-state index in [1.54, 1.807) is 6.07 Å². The van der Waals surface area contributed by atoms with E-state index in [9.17, 15) is 9.59 Å². The summed E-state index contributed by atoms with van der Waals surface area (Å²) in [6.45, 7) is 9.27. The van der Waals surface area contributed by atoms with Gasteiger partial charge < -0.3 is 19.4 Å². The number of para-hydroxylation sites is 1. The highest BCUT2D eigenvalue weighted by Crippen LogP contribution is 2.28. The second-order valence-electron chi connectivity index (χ2n) is 9.48. The molecule has 2 aliphatic rings. The summed E-state index contributed by atoms with van der Waals surface area (Å²) in [4.78, 5) is 34.6. The number of aryl methyl sites for hydroxylation is 1. The molecule has 1 saturated heterocycles. The molecule has 0 aliphatic carbocycles. The number of fused-ring (bicyclic) bond motifs is 3. The Hall–Kier alpha value is -2.86. The molecule has 4 heterocycles. The zero-order valence-corrected chi connectivity index (χ0v) is 19.8. The minimum atomic E-state index is -0.147. The molecule has 0 saturated carbocycles. The minimum Gasteiger partial charge on any atom is -0.357 e. The van der Waals surface area contributed by atoms with Crippen LogP contribution in [-0.2, 0) is 25.9 Å². The van der Waals surface area contributed by atoms with Gasteiger partial charge in [0.25, 0.3) is 5.91 Å². The van der Waals surface area contributed by atoms with Crippen molar-refractivity contribution in [1.29, 1.82) is 0 Å². The summed E-state index contributed by atoms with van der Waals surface area (Å²) in [6, 6.07) is 9.95. The van der Waals surface area contributed by atoms with E-state index in [0.717, 1.165) is 55.2 Å². The minimum absolute atomic E-state index is 0.132. The van der Waals surface area contributed by atoms with Gasteiger partial charge in [-0.05, 0) is 57.3 Å². The Kier molecular flexibility index (Phi) is 6.11. The van der Waals surface area contributed by atoms with Crippen molar-refractivity contribution in [3.05, 3.63) is 68.8 Å². The Morgan fingerprint density at radius 3 is 2.64 bits per heavy atom. The number of hydrogen-bond acceptors (Lipinski definition) is 3. The molecule has 0 unspecified atom stereocenters. The van der Waals surface area contributed by atoms with Crippen LogP contribution in [0.15, 0.2) is 35.1 Å². The summed E-state index contributed by atoms with van der Waals surface area (Å²) in [6.07, 6.45) is 5.32. The normalized spacial score (nSPS) is 16.8. The van der Waals surface area contributed by atoms with Gasteiger partial charge in [-0.3, -0.25) is 9.59 Å². The third-order valence-electron chi connectivity index (χ3n) is 7.43. The van der Waals surface area contributed by atoms with Gasteiger partial charge in [-0.15, -0.1) is 0 Å². The molecule has 1 N–H and O–H groups in total. The summed E-state index contributed by atoms with van der Waals surface area (Å²) in [5.74, 6) is -0.132. The number of carbonyl (C=O) groups is 1. The van der Waals surface area contributed by atoms with Crippen LogP contribution in [-0.4, -0.2) is 51.4 Å². The van der Waals surface area contributed by atoms with E-state index in [2.05, 4.69) is 32.7 Å².